The monoisotopic (exact) mass is 374 g/mol. The number of halogens is 1. The van der Waals surface area contributed by atoms with E-state index in [9.17, 15) is 18.3 Å². The molecule has 2 N–H and O–H groups in total. The van der Waals surface area contributed by atoms with Crippen LogP contribution >= 0.6 is 11.6 Å². The summed E-state index contributed by atoms with van der Waals surface area (Å²) in [5, 5.41) is 12.8. The van der Waals surface area contributed by atoms with Crippen LogP contribution in [0.1, 0.15) is 25.3 Å². The third-order valence-electron chi connectivity index (χ3n) is 4.25. The smallest absolute Gasteiger partial charge is 0.244 e. The van der Waals surface area contributed by atoms with Gasteiger partial charge in [0.15, 0.2) is 0 Å². The van der Waals surface area contributed by atoms with E-state index in [4.69, 9.17) is 11.6 Å². The molecule has 1 saturated heterocycles. The van der Waals surface area contributed by atoms with Crippen molar-refractivity contribution in [1.29, 1.82) is 0 Å². The third-order valence-corrected chi connectivity index (χ3v) is 6.56. The molecule has 6 nitrogen and oxygen atoms in total. The summed E-state index contributed by atoms with van der Waals surface area (Å²) in [5.74, 6) is -0.640. The Morgan fingerprint density at radius 2 is 2.12 bits per heavy atom. The molecular formula is C16H23ClN2O4S. The number of hydrogen-bond donors (Lipinski definition) is 2. The highest BCUT2D eigenvalue weighted by atomic mass is 35.5. The number of aryl methyl sites for hydroxylation is 1. The van der Waals surface area contributed by atoms with Crippen LogP contribution in [-0.4, -0.2) is 50.0 Å². The Labute approximate surface area is 147 Å². The SMILES string of the molecule is CCCc1ccc(Cl)c(S(=O)(=O)N2C[C@@H](CC(=O)NC)[C@H](O)C2)c1. The Morgan fingerprint density at radius 1 is 1.42 bits per heavy atom. The topological polar surface area (TPSA) is 86.7 Å². The zero-order chi connectivity index (χ0) is 17.9. The van der Waals surface area contributed by atoms with Crippen molar-refractivity contribution in [2.45, 2.75) is 37.2 Å². The number of nitrogens with one attached hydrogen (secondary N) is 1. The Hall–Kier alpha value is -1.15. The Bertz CT molecular complexity index is 708. The molecule has 24 heavy (non-hydrogen) atoms. The molecule has 0 aliphatic carbocycles. The number of benzene rings is 1. The minimum Gasteiger partial charge on any atom is -0.391 e. The molecule has 2 rings (SSSR count). The lowest BCUT2D eigenvalue weighted by Gasteiger charge is -2.18. The number of aliphatic hydroxyl groups excluding tert-OH is 1. The highest BCUT2D eigenvalue weighted by Gasteiger charge is 2.39. The molecule has 1 fully saturated rings. The minimum atomic E-state index is -3.81. The molecule has 0 spiro atoms. The lowest BCUT2D eigenvalue weighted by Crippen LogP contribution is -2.30. The van der Waals surface area contributed by atoms with E-state index in [1.807, 2.05) is 13.0 Å². The summed E-state index contributed by atoms with van der Waals surface area (Å²) in [6.45, 7) is 2.09. The molecule has 1 aromatic carbocycles. The maximum Gasteiger partial charge on any atom is 0.244 e. The summed E-state index contributed by atoms with van der Waals surface area (Å²) >= 11 is 6.11. The Morgan fingerprint density at radius 3 is 2.75 bits per heavy atom. The van der Waals surface area contributed by atoms with Gasteiger partial charge in [-0.3, -0.25) is 4.79 Å². The largest absolute Gasteiger partial charge is 0.391 e. The Kier molecular flexibility index (Phi) is 6.25. The van der Waals surface area contributed by atoms with Gasteiger partial charge in [-0.15, -0.1) is 0 Å². The number of carbonyl (C=O) groups excluding carboxylic acids is 1. The van der Waals surface area contributed by atoms with Gasteiger partial charge >= 0.3 is 0 Å². The van der Waals surface area contributed by atoms with Gasteiger partial charge in [-0.2, -0.15) is 4.31 Å². The van der Waals surface area contributed by atoms with Gasteiger partial charge < -0.3 is 10.4 Å². The zero-order valence-electron chi connectivity index (χ0n) is 13.8. The molecule has 1 aliphatic heterocycles. The molecule has 1 amide bonds. The van der Waals surface area contributed by atoms with Crippen molar-refractivity contribution in [3.8, 4) is 0 Å². The first-order valence-electron chi connectivity index (χ1n) is 7.96. The highest BCUT2D eigenvalue weighted by Crippen LogP contribution is 2.31. The number of rotatable bonds is 6. The van der Waals surface area contributed by atoms with Gasteiger partial charge in [0.05, 0.1) is 11.1 Å². The van der Waals surface area contributed by atoms with Crippen LogP contribution in [-0.2, 0) is 21.2 Å². The molecule has 1 aliphatic rings. The van der Waals surface area contributed by atoms with Gasteiger partial charge in [-0.05, 0) is 24.1 Å². The maximum absolute atomic E-state index is 12.9. The number of sulfonamides is 1. The molecule has 0 radical (unpaired) electrons. The zero-order valence-corrected chi connectivity index (χ0v) is 15.4. The van der Waals surface area contributed by atoms with Gasteiger partial charge in [-0.25, -0.2) is 8.42 Å². The summed E-state index contributed by atoms with van der Waals surface area (Å²) < 4.78 is 27.0. The predicted octanol–water partition coefficient (Wildman–Crippen LogP) is 1.41. The van der Waals surface area contributed by atoms with E-state index >= 15 is 0 Å². The first kappa shape index (κ1) is 19.2. The number of nitrogens with zero attached hydrogens (tertiary/aromatic N) is 1. The van der Waals surface area contributed by atoms with Crippen molar-refractivity contribution in [2.24, 2.45) is 5.92 Å². The molecular weight excluding hydrogens is 352 g/mol. The van der Waals surface area contributed by atoms with E-state index in [1.165, 1.54) is 11.4 Å². The average Bonchev–Trinajstić information content (AvgIpc) is 2.91. The Balaban J connectivity index is 2.25. The van der Waals surface area contributed by atoms with Crippen LogP contribution in [0.2, 0.25) is 5.02 Å². The van der Waals surface area contributed by atoms with Crippen LogP contribution in [0.25, 0.3) is 0 Å². The third kappa shape index (κ3) is 4.08. The molecule has 1 heterocycles. The van der Waals surface area contributed by atoms with Gasteiger partial charge in [0, 0.05) is 32.5 Å². The second kappa shape index (κ2) is 7.82. The number of amides is 1. The maximum atomic E-state index is 12.9. The van der Waals surface area contributed by atoms with Crippen LogP contribution in [0.4, 0.5) is 0 Å². The first-order valence-corrected chi connectivity index (χ1v) is 9.78. The number of carbonyl (C=O) groups is 1. The quantitative estimate of drug-likeness (QED) is 0.788. The molecule has 8 heteroatoms. The molecule has 2 atom stereocenters. The van der Waals surface area contributed by atoms with E-state index in [1.54, 1.807) is 12.1 Å². The normalized spacial score (nSPS) is 21.8. The van der Waals surface area contributed by atoms with Crippen molar-refractivity contribution in [3.05, 3.63) is 28.8 Å². The molecule has 0 bridgehead atoms. The van der Waals surface area contributed by atoms with Crippen LogP contribution in [0.3, 0.4) is 0 Å². The molecule has 1 aromatic rings. The first-order chi connectivity index (χ1) is 11.3. The molecule has 0 saturated carbocycles. The van der Waals surface area contributed by atoms with E-state index in [2.05, 4.69) is 5.32 Å². The van der Waals surface area contributed by atoms with Gasteiger partial charge in [-0.1, -0.05) is 31.0 Å². The van der Waals surface area contributed by atoms with Gasteiger partial charge in [0.1, 0.15) is 4.90 Å². The fraction of sp³-hybridized carbons (Fsp3) is 0.562. The number of aliphatic hydroxyl groups is 1. The molecule has 0 aromatic heterocycles. The fourth-order valence-corrected chi connectivity index (χ4v) is 4.92. The summed E-state index contributed by atoms with van der Waals surface area (Å²) in [4.78, 5) is 11.6. The van der Waals surface area contributed by atoms with Crippen molar-refractivity contribution in [2.75, 3.05) is 20.1 Å². The van der Waals surface area contributed by atoms with Gasteiger partial charge in [0.25, 0.3) is 0 Å². The van der Waals surface area contributed by atoms with E-state index in [0.29, 0.717) is 0 Å². The summed E-state index contributed by atoms with van der Waals surface area (Å²) in [6.07, 6.45) is 0.891. The standard InChI is InChI=1S/C16H23ClN2O4S/c1-3-4-11-5-6-13(17)15(7-11)24(22,23)19-9-12(14(20)10-19)8-16(21)18-2/h5-7,12,14,20H,3-4,8-10H2,1-2H3,(H,18,21)/t12-,14-/m1/s1. The number of hydrogen-bond acceptors (Lipinski definition) is 4. The molecule has 0 unspecified atom stereocenters. The van der Waals surface area contributed by atoms with Crippen molar-refractivity contribution in [3.63, 3.8) is 0 Å². The lowest BCUT2D eigenvalue weighted by atomic mass is 10.0. The van der Waals surface area contributed by atoms with Crippen molar-refractivity contribution in [1.82, 2.24) is 9.62 Å². The lowest BCUT2D eigenvalue weighted by molar-refractivity contribution is -0.122. The van der Waals surface area contributed by atoms with E-state index in [0.717, 1.165) is 18.4 Å². The van der Waals surface area contributed by atoms with E-state index in [-0.39, 0.29) is 35.3 Å². The average molecular weight is 375 g/mol. The summed E-state index contributed by atoms with van der Waals surface area (Å²) in [5.41, 5.74) is 0.905. The van der Waals surface area contributed by atoms with Crippen LogP contribution in [0.15, 0.2) is 23.1 Å². The van der Waals surface area contributed by atoms with Crippen LogP contribution < -0.4 is 5.32 Å². The molecule has 134 valence electrons. The van der Waals surface area contributed by atoms with Crippen LogP contribution in [0.5, 0.6) is 0 Å². The fourth-order valence-electron chi connectivity index (χ4n) is 2.88. The highest BCUT2D eigenvalue weighted by molar-refractivity contribution is 7.89. The van der Waals surface area contributed by atoms with Gasteiger partial charge in [0.2, 0.25) is 15.9 Å². The van der Waals surface area contributed by atoms with Crippen LogP contribution in [0, 0.1) is 5.92 Å². The van der Waals surface area contributed by atoms with E-state index < -0.39 is 22.0 Å². The minimum absolute atomic E-state index is 0.0294. The summed E-state index contributed by atoms with van der Waals surface area (Å²) in [7, 11) is -2.30. The number of β-amino-alcohol motifs (C(OH)–C–C–N with tert-alkyl or cyclic N) is 1. The predicted molar refractivity (Wildman–Crippen MR) is 92.4 cm³/mol. The second-order valence-corrected chi connectivity index (χ2v) is 8.36. The van der Waals surface area contributed by atoms with Crippen molar-refractivity contribution < 1.29 is 18.3 Å². The van der Waals surface area contributed by atoms with Crippen molar-refractivity contribution >= 4 is 27.5 Å². The summed E-state index contributed by atoms with van der Waals surface area (Å²) in [6, 6.07) is 5.01. The second-order valence-electron chi connectivity index (χ2n) is 6.04.